The highest BCUT2D eigenvalue weighted by Gasteiger charge is 2.14. The third kappa shape index (κ3) is 2.45. The molecule has 1 nitrogen and oxygen atoms in total. The Labute approximate surface area is 123 Å². The fourth-order valence-electron chi connectivity index (χ4n) is 2.55. The molecule has 0 aliphatic rings. The Morgan fingerprint density at radius 2 is 1.71 bits per heavy atom. The first kappa shape index (κ1) is 13.5. The van der Waals surface area contributed by atoms with Crippen molar-refractivity contribution < 1.29 is 9.18 Å². The molecular weight excluding hydrogens is 263 g/mol. The predicted octanol–water partition coefficient (Wildman–Crippen LogP) is 4.77. The molecule has 0 saturated carbocycles. The summed E-state index contributed by atoms with van der Waals surface area (Å²) in [6, 6.07) is 17.6. The van der Waals surface area contributed by atoms with Gasteiger partial charge in [-0.1, -0.05) is 49.4 Å². The molecule has 0 fully saturated rings. The van der Waals surface area contributed by atoms with Crippen LogP contribution >= 0.6 is 0 Å². The second-order valence-corrected chi connectivity index (χ2v) is 5.02. The molecule has 0 spiro atoms. The van der Waals surface area contributed by atoms with Crippen molar-refractivity contribution in [2.45, 2.75) is 13.3 Å². The van der Waals surface area contributed by atoms with Gasteiger partial charge in [-0.05, 0) is 35.6 Å². The maximum atomic E-state index is 13.8. The number of fused-ring (bicyclic) bond motifs is 1. The number of ketones is 1. The lowest BCUT2D eigenvalue weighted by Gasteiger charge is -2.08. The van der Waals surface area contributed by atoms with Crippen molar-refractivity contribution in [3.63, 3.8) is 0 Å². The molecule has 0 heterocycles. The molecule has 0 radical (unpaired) electrons. The highest BCUT2D eigenvalue weighted by Crippen LogP contribution is 2.24. The number of hydrogen-bond donors (Lipinski definition) is 0. The molecule has 2 heteroatoms. The van der Waals surface area contributed by atoms with Gasteiger partial charge >= 0.3 is 0 Å². The van der Waals surface area contributed by atoms with Gasteiger partial charge in [-0.2, -0.15) is 0 Å². The number of benzene rings is 3. The third-order valence-electron chi connectivity index (χ3n) is 3.71. The molecule has 21 heavy (non-hydrogen) atoms. The van der Waals surface area contributed by atoms with E-state index in [2.05, 4.69) is 6.92 Å². The number of hydrogen-bond acceptors (Lipinski definition) is 1. The Morgan fingerprint density at radius 3 is 2.48 bits per heavy atom. The lowest BCUT2D eigenvalue weighted by atomic mass is 9.96. The average molecular weight is 278 g/mol. The summed E-state index contributed by atoms with van der Waals surface area (Å²) in [5.41, 5.74) is 2.30. The molecule has 3 aromatic rings. The van der Waals surface area contributed by atoms with Crippen molar-refractivity contribution >= 4 is 16.6 Å². The van der Waals surface area contributed by atoms with Crippen LogP contribution in [0.3, 0.4) is 0 Å². The molecule has 0 atom stereocenters. The van der Waals surface area contributed by atoms with Crippen molar-refractivity contribution in [1.82, 2.24) is 0 Å². The zero-order valence-corrected chi connectivity index (χ0v) is 11.8. The van der Waals surface area contributed by atoms with Gasteiger partial charge < -0.3 is 0 Å². The lowest BCUT2D eigenvalue weighted by Crippen LogP contribution is -2.03. The summed E-state index contributed by atoms with van der Waals surface area (Å²) in [6.45, 7) is 2.05. The Hall–Kier alpha value is -2.48. The Balaban J connectivity index is 2.16. The maximum Gasteiger partial charge on any atom is 0.193 e. The molecule has 3 rings (SSSR count). The summed E-state index contributed by atoms with van der Waals surface area (Å²) < 4.78 is 13.8. The van der Waals surface area contributed by atoms with Crippen LogP contribution in [0.1, 0.15) is 28.4 Å². The fraction of sp³-hybridized carbons (Fsp3) is 0.105. The van der Waals surface area contributed by atoms with Gasteiger partial charge in [0.2, 0.25) is 0 Å². The minimum Gasteiger partial charge on any atom is -0.289 e. The van der Waals surface area contributed by atoms with Gasteiger partial charge in [0.05, 0.1) is 0 Å². The number of rotatable bonds is 3. The van der Waals surface area contributed by atoms with Gasteiger partial charge in [-0.15, -0.1) is 0 Å². The van der Waals surface area contributed by atoms with Gasteiger partial charge in [-0.25, -0.2) is 4.39 Å². The van der Waals surface area contributed by atoms with Crippen LogP contribution in [-0.4, -0.2) is 5.78 Å². The Morgan fingerprint density at radius 1 is 0.952 bits per heavy atom. The summed E-state index contributed by atoms with van der Waals surface area (Å²) in [4.78, 5) is 12.7. The lowest BCUT2D eigenvalue weighted by molar-refractivity contribution is 0.104. The van der Waals surface area contributed by atoms with E-state index >= 15 is 0 Å². The molecule has 104 valence electrons. The predicted molar refractivity (Wildman–Crippen MR) is 83.2 cm³/mol. The molecule has 0 saturated heterocycles. The fourth-order valence-corrected chi connectivity index (χ4v) is 2.55. The highest BCUT2D eigenvalue weighted by molar-refractivity contribution is 6.16. The van der Waals surface area contributed by atoms with Crippen molar-refractivity contribution in [2.24, 2.45) is 0 Å². The van der Waals surface area contributed by atoms with Crippen molar-refractivity contribution in [1.29, 1.82) is 0 Å². The van der Waals surface area contributed by atoms with Crippen LogP contribution in [0.15, 0.2) is 60.7 Å². The van der Waals surface area contributed by atoms with E-state index in [1.165, 1.54) is 6.07 Å². The van der Waals surface area contributed by atoms with Gasteiger partial charge in [0, 0.05) is 16.5 Å². The van der Waals surface area contributed by atoms with Gasteiger partial charge in [0.15, 0.2) is 5.78 Å². The van der Waals surface area contributed by atoms with Crippen molar-refractivity contribution in [3.05, 3.63) is 83.2 Å². The molecule has 0 aliphatic carbocycles. The number of carbonyl (C=O) groups is 1. The first-order valence-corrected chi connectivity index (χ1v) is 7.01. The minimum absolute atomic E-state index is 0.0681. The van der Waals surface area contributed by atoms with E-state index < -0.39 is 0 Å². The van der Waals surface area contributed by atoms with Crippen LogP contribution in [0.4, 0.5) is 4.39 Å². The average Bonchev–Trinajstić information content (AvgIpc) is 2.55. The molecule has 3 aromatic carbocycles. The van der Waals surface area contributed by atoms with E-state index in [1.807, 2.05) is 24.3 Å². The van der Waals surface area contributed by atoms with Crippen LogP contribution in [0, 0.1) is 5.82 Å². The first-order chi connectivity index (χ1) is 10.2. The SMILES string of the molecule is CCc1cccc(C(=O)c2ccc(F)c3ccccc23)c1. The van der Waals surface area contributed by atoms with Crippen LogP contribution in [0.5, 0.6) is 0 Å². The highest BCUT2D eigenvalue weighted by atomic mass is 19.1. The molecule has 0 amide bonds. The van der Waals surface area contributed by atoms with Crippen LogP contribution < -0.4 is 0 Å². The van der Waals surface area contributed by atoms with Gasteiger partial charge in [0.1, 0.15) is 5.82 Å². The second-order valence-electron chi connectivity index (χ2n) is 5.02. The van der Waals surface area contributed by atoms with Crippen molar-refractivity contribution in [2.75, 3.05) is 0 Å². The normalized spacial score (nSPS) is 10.8. The Bertz CT molecular complexity index is 821. The molecule has 0 aliphatic heterocycles. The first-order valence-electron chi connectivity index (χ1n) is 7.01. The molecule has 0 unspecified atom stereocenters. The quantitative estimate of drug-likeness (QED) is 0.630. The number of aryl methyl sites for hydroxylation is 1. The van der Waals surface area contributed by atoms with Gasteiger partial charge in [0.25, 0.3) is 0 Å². The zero-order valence-electron chi connectivity index (χ0n) is 11.8. The topological polar surface area (TPSA) is 17.1 Å². The summed E-state index contributed by atoms with van der Waals surface area (Å²) >= 11 is 0. The smallest absolute Gasteiger partial charge is 0.193 e. The van der Waals surface area contributed by atoms with Crippen molar-refractivity contribution in [3.8, 4) is 0 Å². The van der Waals surface area contributed by atoms with E-state index in [-0.39, 0.29) is 11.6 Å². The van der Waals surface area contributed by atoms with E-state index in [9.17, 15) is 9.18 Å². The molecule has 0 bridgehead atoms. The minimum atomic E-state index is -0.301. The van der Waals surface area contributed by atoms with E-state index in [0.717, 1.165) is 12.0 Å². The largest absolute Gasteiger partial charge is 0.289 e. The summed E-state index contributed by atoms with van der Waals surface area (Å²) in [5, 5.41) is 1.14. The number of halogens is 1. The monoisotopic (exact) mass is 278 g/mol. The second kappa shape index (κ2) is 5.49. The summed E-state index contributed by atoms with van der Waals surface area (Å²) in [7, 11) is 0. The van der Waals surface area contributed by atoms with Crippen LogP contribution in [0.2, 0.25) is 0 Å². The van der Waals surface area contributed by atoms with Crippen LogP contribution in [0.25, 0.3) is 10.8 Å². The van der Waals surface area contributed by atoms with Crippen LogP contribution in [-0.2, 0) is 6.42 Å². The zero-order chi connectivity index (χ0) is 14.8. The van der Waals surface area contributed by atoms with E-state index in [1.54, 1.807) is 30.3 Å². The Kier molecular flexibility index (Phi) is 3.53. The van der Waals surface area contributed by atoms with E-state index in [4.69, 9.17) is 0 Å². The van der Waals surface area contributed by atoms with Gasteiger partial charge in [-0.3, -0.25) is 4.79 Å². The molecule has 0 N–H and O–H groups in total. The standard InChI is InChI=1S/C19H15FO/c1-2-13-6-5-7-14(12-13)19(21)17-10-11-18(20)16-9-4-3-8-15(16)17/h3-12H,2H2,1H3. The molecular formula is C19H15FO. The summed E-state index contributed by atoms with van der Waals surface area (Å²) in [5.74, 6) is -0.369. The number of carbonyl (C=O) groups excluding carboxylic acids is 1. The summed E-state index contributed by atoms with van der Waals surface area (Å²) in [6.07, 6.45) is 0.880. The maximum absolute atomic E-state index is 13.8. The molecule has 0 aromatic heterocycles. The van der Waals surface area contributed by atoms with E-state index in [0.29, 0.717) is 21.9 Å². The third-order valence-corrected chi connectivity index (χ3v) is 3.71.